The molecule has 0 radical (unpaired) electrons. The SMILES string of the molecule is O=C(O)C1CC(O)C(O)C(N2c3ccccc3Oc3ccccc32)C1. The molecule has 6 heteroatoms. The van der Waals surface area contributed by atoms with E-state index < -0.39 is 30.1 Å². The van der Waals surface area contributed by atoms with E-state index in [4.69, 9.17) is 4.74 Å². The van der Waals surface area contributed by atoms with Gasteiger partial charge in [-0.15, -0.1) is 0 Å². The Bertz CT molecular complexity index is 762. The highest BCUT2D eigenvalue weighted by Gasteiger charge is 2.44. The van der Waals surface area contributed by atoms with E-state index in [-0.39, 0.29) is 12.8 Å². The molecule has 0 amide bonds. The van der Waals surface area contributed by atoms with Crippen molar-refractivity contribution in [1.82, 2.24) is 0 Å². The summed E-state index contributed by atoms with van der Waals surface area (Å²) < 4.78 is 5.93. The third-order valence-corrected chi connectivity index (χ3v) is 4.99. The lowest BCUT2D eigenvalue weighted by atomic mass is 9.80. The predicted octanol–water partition coefficient (Wildman–Crippen LogP) is 2.52. The molecular formula is C19H19NO5. The number of hydrogen-bond acceptors (Lipinski definition) is 5. The molecule has 0 spiro atoms. The molecule has 2 aromatic rings. The van der Waals surface area contributed by atoms with Gasteiger partial charge in [0.05, 0.1) is 29.4 Å². The molecule has 130 valence electrons. The summed E-state index contributed by atoms with van der Waals surface area (Å²) in [4.78, 5) is 13.4. The van der Waals surface area contributed by atoms with Crippen LogP contribution in [0.15, 0.2) is 48.5 Å². The number of carbonyl (C=O) groups is 1. The second-order valence-corrected chi connectivity index (χ2v) is 6.54. The Morgan fingerprint density at radius 1 is 0.960 bits per heavy atom. The van der Waals surface area contributed by atoms with E-state index in [0.717, 1.165) is 11.4 Å². The van der Waals surface area contributed by atoms with Gasteiger partial charge in [0.25, 0.3) is 0 Å². The van der Waals surface area contributed by atoms with Crippen molar-refractivity contribution in [3.63, 3.8) is 0 Å². The summed E-state index contributed by atoms with van der Waals surface area (Å²) in [6.07, 6.45) is -1.83. The van der Waals surface area contributed by atoms with E-state index >= 15 is 0 Å². The maximum Gasteiger partial charge on any atom is 0.306 e. The average molecular weight is 341 g/mol. The van der Waals surface area contributed by atoms with E-state index in [2.05, 4.69) is 0 Å². The van der Waals surface area contributed by atoms with Gasteiger partial charge in [-0.1, -0.05) is 24.3 Å². The molecule has 2 aliphatic rings. The van der Waals surface area contributed by atoms with Gasteiger partial charge in [-0.25, -0.2) is 0 Å². The van der Waals surface area contributed by atoms with Crippen LogP contribution < -0.4 is 9.64 Å². The lowest BCUT2D eigenvalue weighted by Gasteiger charge is -2.45. The normalized spacial score (nSPS) is 27.8. The van der Waals surface area contributed by atoms with Crippen molar-refractivity contribution in [2.24, 2.45) is 5.92 Å². The zero-order valence-electron chi connectivity index (χ0n) is 13.4. The molecule has 6 nitrogen and oxygen atoms in total. The maximum atomic E-state index is 11.5. The third kappa shape index (κ3) is 2.63. The molecule has 4 rings (SSSR count). The molecule has 4 unspecified atom stereocenters. The number of carboxylic acids is 1. The molecule has 3 N–H and O–H groups in total. The van der Waals surface area contributed by atoms with E-state index in [9.17, 15) is 20.1 Å². The van der Waals surface area contributed by atoms with Crippen molar-refractivity contribution < 1.29 is 24.9 Å². The summed E-state index contributed by atoms with van der Waals surface area (Å²) >= 11 is 0. The van der Waals surface area contributed by atoms with Crippen LogP contribution in [-0.4, -0.2) is 39.5 Å². The summed E-state index contributed by atoms with van der Waals surface area (Å²) in [5, 5.41) is 30.3. The number of ether oxygens (including phenoxy) is 1. The standard InChI is InChI=1S/C19H19NO5/c21-15-10-11(19(23)24)9-14(18(15)22)20-12-5-1-3-7-16(12)25-17-8-4-2-6-13(17)20/h1-8,11,14-15,18,21-22H,9-10H2,(H,23,24). The Labute approximate surface area is 144 Å². The molecule has 2 aromatic carbocycles. The van der Waals surface area contributed by atoms with Gasteiger partial charge in [0.15, 0.2) is 11.5 Å². The quantitative estimate of drug-likeness (QED) is 0.778. The number of benzene rings is 2. The fraction of sp³-hybridized carbons (Fsp3) is 0.316. The fourth-order valence-electron chi connectivity index (χ4n) is 3.76. The zero-order chi connectivity index (χ0) is 17.6. The molecule has 1 heterocycles. The molecule has 0 bridgehead atoms. The van der Waals surface area contributed by atoms with Crippen LogP contribution in [0.2, 0.25) is 0 Å². The Morgan fingerprint density at radius 3 is 2.08 bits per heavy atom. The van der Waals surface area contributed by atoms with Crippen LogP contribution in [0.25, 0.3) is 0 Å². The Kier molecular flexibility index (Phi) is 3.86. The Hall–Kier alpha value is -2.57. The number of aliphatic carboxylic acids is 1. The second kappa shape index (κ2) is 6.06. The highest BCUT2D eigenvalue weighted by Crippen LogP contribution is 2.49. The van der Waals surface area contributed by atoms with E-state index in [1.807, 2.05) is 53.4 Å². The molecule has 1 fully saturated rings. The van der Waals surface area contributed by atoms with Crippen molar-refractivity contribution in [2.45, 2.75) is 31.1 Å². The zero-order valence-corrected chi connectivity index (χ0v) is 13.4. The summed E-state index contributed by atoms with van der Waals surface area (Å²) in [5.41, 5.74) is 1.51. The Balaban J connectivity index is 1.82. The van der Waals surface area contributed by atoms with Gasteiger partial charge >= 0.3 is 5.97 Å². The first-order valence-corrected chi connectivity index (χ1v) is 8.30. The van der Waals surface area contributed by atoms with Crippen LogP contribution in [0.3, 0.4) is 0 Å². The number of para-hydroxylation sites is 4. The van der Waals surface area contributed by atoms with Crippen LogP contribution in [0, 0.1) is 5.92 Å². The molecule has 0 saturated heterocycles. The number of nitrogens with zero attached hydrogens (tertiary/aromatic N) is 1. The summed E-state index contributed by atoms with van der Waals surface area (Å²) in [7, 11) is 0. The second-order valence-electron chi connectivity index (χ2n) is 6.54. The largest absolute Gasteiger partial charge is 0.481 e. The predicted molar refractivity (Wildman–Crippen MR) is 91.3 cm³/mol. The van der Waals surface area contributed by atoms with Crippen molar-refractivity contribution >= 4 is 17.3 Å². The highest BCUT2D eigenvalue weighted by atomic mass is 16.5. The van der Waals surface area contributed by atoms with Crippen LogP contribution in [0.5, 0.6) is 11.5 Å². The van der Waals surface area contributed by atoms with E-state index in [1.54, 1.807) is 0 Å². The van der Waals surface area contributed by atoms with Gasteiger partial charge in [0.2, 0.25) is 0 Å². The van der Waals surface area contributed by atoms with Crippen LogP contribution in [0.4, 0.5) is 11.4 Å². The summed E-state index contributed by atoms with van der Waals surface area (Å²) in [5.74, 6) is -0.378. The topological polar surface area (TPSA) is 90.2 Å². The molecule has 1 aliphatic carbocycles. The van der Waals surface area contributed by atoms with Crippen molar-refractivity contribution in [3.05, 3.63) is 48.5 Å². The number of aliphatic hydroxyl groups excluding tert-OH is 2. The summed E-state index contributed by atoms with van der Waals surface area (Å²) in [6.45, 7) is 0. The molecule has 1 saturated carbocycles. The lowest BCUT2D eigenvalue weighted by Crippen LogP contribution is -2.53. The minimum atomic E-state index is -1.08. The minimum Gasteiger partial charge on any atom is -0.481 e. The van der Waals surface area contributed by atoms with Crippen molar-refractivity contribution in [2.75, 3.05) is 4.90 Å². The van der Waals surface area contributed by atoms with Gasteiger partial charge < -0.3 is 25.0 Å². The van der Waals surface area contributed by atoms with Crippen LogP contribution >= 0.6 is 0 Å². The summed E-state index contributed by atoms with van der Waals surface area (Å²) in [6, 6.07) is 14.3. The number of carboxylic acid groups (broad SMARTS) is 1. The molecule has 1 aliphatic heterocycles. The van der Waals surface area contributed by atoms with E-state index in [0.29, 0.717) is 11.5 Å². The number of rotatable bonds is 2. The van der Waals surface area contributed by atoms with E-state index in [1.165, 1.54) is 0 Å². The molecule has 25 heavy (non-hydrogen) atoms. The number of hydrogen-bond donors (Lipinski definition) is 3. The maximum absolute atomic E-state index is 11.5. The Morgan fingerprint density at radius 2 is 1.52 bits per heavy atom. The van der Waals surface area contributed by atoms with Gasteiger partial charge in [-0.2, -0.15) is 0 Å². The van der Waals surface area contributed by atoms with Crippen molar-refractivity contribution in [3.8, 4) is 11.5 Å². The first-order chi connectivity index (χ1) is 12.1. The third-order valence-electron chi connectivity index (χ3n) is 4.99. The minimum absolute atomic E-state index is 0.0562. The number of fused-ring (bicyclic) bond motifs is 2. The molecular weight excluding hydrogens is 322 g/mol. The first-order valence-electron chi connectivity index (χ1n) is 8.30. The van der Waals surface area contributed by atoms with Gasteiger partial charge in [-0.3, -0.25) is 4.79 Å². The monoisotopic (exact) mass is 341 g/mol. The highest BCUT2D eigenvalue weighted by molar-refractivity contribution is 5.79. The molecule has 4 atom stereocenters. The lowest BCUT2D eigenvalue weighted by molar-refractivity contribution is -0.146. The molecule has 0 aromatic heterocycles. The smallest absolute Gasteiger partial charge is 0.306 e. The van der Waals surface area contributed by atoms with Crippen LogP contribution in [0.1, 0.15) is 12.8 Å². The van der Waals surface area contributed by atoms with Crippen molar-refractivity contribution in [1.29, 1.82) is 0 Å². The van der Waals surface area contributed by atoms with Crippen LogP contribution in [-0.2, 0) is 4.79 Å². The van der Waals surface area contributed by atoms with Gasteiger partial charge in [-0.05, 0) is 37.1 Å². The van der Waals surface area contributed by atoms with Gasteiger partial charge in [0, 0.05) is 0 Å². The van der Waals surface area contributed by atoms with Gasteiger partial charge in [0.1, 0.15) is 6.10 Å². The first kappa shape index (κ1) is 15.9. The average Bonchev–Trinajstić information content (AvgIpc) is 2.62. The number of aliphatic hydroxyl groups is 2. The fourth-order valence-corrected chi connectivity index (χ4v) is 3.76. The number of anilines is 2.